The second-order valence-electron chi connectivity index (χ2n) is 4.00. The summed E-state index contributed by atoms with van der Waals surface area (Å²) in [5.74, 6) is 0.455. The summed E-state index contributed by atoms with van der Waals surface area (Å²) < 4.78 is 0. The molecular formula is C10H15NO3. The highest BCUT2D eigenvalue weighted by Gasteiger charge is 2.27. The Kier molecular flexibility index (Phi) is 3.38. The molecule has 0 spiro atoms. The summed E-state index contributed by atoms with van der Waals surface area (Å²) in [5, 5.41) is 10.2. The van der Waals surface area contributed by atoms with Crippen LogP contribution in [0.4, 0.5) is 0 Å². The Labute approximate surface area is 83.1 Å². The number of ketones is 1. The maximum atomic E-state index is 11.4. The molecule has 1 aliphatic carbocycles. The van der Waals surface area contributed by atoms with Crippen LogP contribution >= 0.6 is 0 Å². The maximum absolute atomic E-state index is 11.4. The molecule has 78 valence electrons. The lowest BCUT2D eigenvalue weighted by atomic mass is 9.79. The van der Waals surface area contributed by atoms with Crippen molar-refractivity contribution in [3.8, 4) is 0 Å². The van der Waals surface area contributed by atoms with E-state index >= 15 is 0 Å². The molecule has 0 aliphatic heterocycles. The summed E-state index contributed by atoms with van der Waals surface area (Å²) in [4.78, 5) is 21.2. The second kappa shape index (κ2) is 4.35. The van der Waals surface area contributed by atoms with Crippen LogP contribution in [0, 0.1) is 22.0 Å². The number of carbonyl (C=O) groups excluding carboxylic acids is 1. The molecule has 4 heteroatoms. The number of carbonyl (C=O) groups is 1. The molecule has 0 amide bonds. The zero-order chi connectivity index (χ0) is 10.7. The van der Waals surface area contributed by atoms with E-state index in [4.69, 9.17) is 0 Å². The largest absolute Gasteiger partial charge is 0.299 e. The lowest BCUT2D eigenvalue weighted by Gasteiger charge is -2.24. The Bertz CT molecular complexity index is 283. The molecule has 0 aromatic carbocycles. The first kappa shape index (κ1) is 10.9. The maximum Gasteiger partial charge on any atom is 0.233 e. The molecule has 4 nitrogen and oxygen atoms in total. The van der Waals surface area contributed by atoms with E-state index in [1.807, 2.05) is 6.92 Å². The minimum absolute atomic E-state index is 0.0871. The topological polar surface area (TPSA) is 60.2 Å². The van der Waals surface area contributed by atoms with Gasteiger partial charge < -0.3 is 0 Å². The normalized spacial score (nSPS) is 29.0. The van der Waals surface area contributed by atoms with Crippen LogP contribution in [0.3, 0.4) is 0 Å². The van der Waals surface area contributed by atoms with Gasteiger partial charge in [0.25, 0.3) is 0 Å². The van der Waals surface area contributed by atoms with Crippen molar-refractivity contribution in [1.82, 2.24) is 0 Å². The van der Waals surface area contributed by atoms with E-state index < -0.39 is 4.92 Å². The Balaban J connectivity index is 2.63. The zero-order valence-electron chi connectivity index (χ0n) is 8.53. The molecule has 0 radical (unpaired) electrons. The van der Waals surface area contributed by atoms with E-state index in [2.05, 4.69) is 0 Å². The summed E-state index contributed by atoms with van der Waals surface area (Å²) >= 11 is 0. The molecule has 1 fully saturated rings. The highest BCUT2D eigenvalue weighted by atomic mass is 16.6. The van der Waals surface area contributed by atoms with Gasteiger partial charge in [-0.1, -0.05) is 6.92 Å². The van der Waals surface area contributed by atoms with Crippen LogP contribution in [-0.2, 0) is 4.79 Å². The highest BCUT2D eigenvalue weighted by molar-refractivity contribution is 5.81. The summed E-state index contributed by atoms with van der Waals surface area (Å²) in [7, 11) is 0. The van der Waals surface area contributed by atoms with Gasteiger partial charge in [0, 0.05) is 17.9 Å². The first-order valence-corrected chi connectivity index (χ1v) is 4.85. The SMILES string of the molecule is C/C(=C\[N+](=O)[O-])[C@@H]1CCC(C)C(=O)C1. The molecule has 1 aliphatic rings. The van der Waals surface area contributed by atoms with Gasteiger partial charge in [-0.3, -0.25) is 14.9 Å². The average Bonchev–Trinajstić information content (AvgIpc) is 2.08. The van der Waals surface area contributed by atoms with E-state index in [0.717, 1.165) is 24.6 Å². The summed E-state index contributed by atoms with van der Waals surface area (Å²) in [5.41, 5.74) is 0.718. The quantitative estimate of drug-likeness (QED) is 0.503. The average molecular weight is 197 g/mol. The van der Waals surface area contributed by atoms with Crippen molar-refractivity contribution in [2.24, 2.45) is 11.8 Å². The van der Waals surface area contributed by atoms with Gasteiger partial charge in [-0.25, -0.2) is 0 Å². The Morgan fingerprint density at radius 1 is 1.57 bits per heavy atom. The van der Waals surface area contributed by atoms with Crippen molar-refractivity contribution < 1.29 is 9.72 Å². The number of hydrogen-bond donors (Lipinski definition) is 0. The van der Waals surface area contributed by atoms with Crippen LogP contribution in [0.5, 0.6) is 0 Å². The molecule has 0 aromatic heterocycles. The summed E-state index contributed by atoms with van der Waals surface area (Å²) in [6.07, 6.45) is 3.24. The monoisotopic (exact) mass is 197 g/mol. The molecule has 0 bridgehead atoms. The fourth-order valence-corrected chi connectivity index (χ4v) is 1.82. The van der Waals surface area contributed by atoms with Crippen LogP contribution in [0.15, 0.2) is 11.8 Å². The predicted octanol–water partition coefficient (Wildman–Crippen LogP) is 2.17. The lowest BCUT2D eigenvalue weighted by Crippen LogP contribution is -2.23. The van der Waals surface area contributed by atoms with Crippen LogP contribution in [0.1, 0.15) is 33.1 Å². The van der Waals surface area contributed by atoms with Gasteiger partial charge in [-0.2, -0.15) is 0 Å². The minimum atomic E-state index is -0.447. The van der Waals surface area contributed by atoms with Crippen LogP contribution in [-0.4, -0.2) is 10.7 Å². The van der Waals surface area contributed by atoms with Gasteiger partial charge in [0.15, 0.2) is 0 Å². The van der Waals surface area contributed by atoms with Crippen molar-refractivity contribution in [2.45, 2.75) is 33.1 Å². The van der Waals surface area contributed by atoms with Crippen molar-refractivity contribution >= 4 is 5.78 Å². The fraction of sp³-hybridized carbons (Fsp3) is 0.700. The molecule has 1 unspecified atom stereocenters. The van der Waals surface area contributed by atoms with E-state index in [1.165, 1.54) is 0 Å². The molecule has 2 atom stereocenters. The van der Waals surface area contributed by atoms with Gasteiger partial charge in [0.05, 0.1) is 4.92 Å². The number of nitrogens with zero attached hydrogens (tertiary/aromatic N) is 1. The standard InChI is InChI=1S/C10H15NO3/c1-7-3-4-9(5-10(7)12)8(2)6-11(13)14/h6-7,9H,3-5H2,1-2H3/b8-6+/t7?,9-/m1/s1. The van der Waals surface area contributed by atoms with Crippen LogP contribution in [0.2, 0.25) is 0 Å². The second-order valence-corrected chi connectivity index (χ2v) is 4.00. The van der Waals surface area contributed by atoms with Crippen molar-refractivity contribution in [1.29, 1.82) is 0 Å². The van der Waals surface area contributed by atoms with E-state index in [0.29, 0.717) is 6.42 Å². The zero-order valence-corrected chi connectivity index (χ0v) is 8.53. The predicted molar refractivity (Wildman–Crippen MR) is 52.3 cm³/mol. The highest BCUT2D eigenvalue weighted by Crippen LogP contribution is 2.30. The first-order chi connectivity index (χ1) is 6.50. The smallest absolute Gasteiger partial charge is 0.233 e. The summed E-state index contributed by atoms with van der Waals surface area (Å²) in [6.45, 7) is 3.65. The van der Waals surface area contributed by atoms with E-state index in [9.17, 15) is 14.9 Å². The first-order valence-electron chi connectivity index (χ1n) is 4.85. The van der Waals surface area contributed by atoms with Crippen molar-refractivity contribution in [3.05, 3.63) is 21.9 Å². The van der Waals surface area contributed by atoms with E-state index in [-0.39, 0.29) is 17.6 Å². The van der Waals surface area contributed by atoms with Crippen molar-refractivity contribution in [3.63, 3.8) is 0 Å². The number of Topliss-reactive ketones (excluding diaryl/α,β-unsaturated/α-hetero) is 1. The third kappa shape index (κ3) is 2.65. The van der Waals surface area contributed by atoms with Crippen LogP contribution in [0.25, 0.3) is 0 Å². The number of hydrogen-bond acceptors (Lipinski definition) is 3. The summed E-state index contributed by atoms with van der Waals surface area (Å²) in [6, 6.07) is 0. The van der Waals surface area contributed by atoms with Gasteiger partial charge in [-0.05, 0) is 25.7 Å². The molecule has 0 saturated heterocycles. The Morgan fingerprint density at radius 2 is 2.21 bits per heavy atom. The molecule has 1 rings (SSSR count). The van der Waals surface area contributed by atoms with Gasteiger partial charge in [-0.15, -0.1) is 0 Å². The molecule has 0 heterocycles. The molecule has 0 aromatic rings. The minimum Gasteiger partial charge on any atom is -0.299 e. The van der Waals surface area contributed by atoms with Gasteiger partial charge >= 0.3 is 0 Å². The molecular weight excluding hydrogens is 182 g/mol. The van der Waals surface area contributed by atoms with Gasteiger partial charge in [0.2, 0.25) is 6.20 Å². The third-order valence-corrected chi connectivity index (χ3v) is 2.90. The number of rotatable bonds is 2. The van der Waals surface area contributed by atoms with Crippen LogP contribution < -0.4 is 0 Å². The number of nitro groups is 1. The molecule has 1 saturated carbocycles. The van der Waals surface area contributed by atoms with Gasteiger partial charge in [0.1, 0.15) is 5.78 Å². The Hall–Kier alpha value is -1.19. The molecule has 14 heavy (non-hydrogen) atoms. The molecule has 0 N–H and O–H groups in total. The third-order valence-electron chi connectivity index (χ3n) is 2.90. The number of allylic oxidation sites excluding steroid dienone is 1. The fourth-order valence-electron chi connectivity index (χ4n) is 1.82. The Morgan fingerprint density at radius 3 is 2.71 bits per heavy atom. The lowest BCUT2D eigenvalue weighted by molar-refractivity contribution is -0.403. The van der Waals surface area contributed by atoms with Crippen molar-refractivity contribution in [2.75, 3.05) is 0 Å². The van der Waals surface area contributed by atoms with E-state index in [1.54, 1.807) is 6.92 Å².